The molecule has 2 aromatic rings. The van der Waals surface area contributed by atoms with E-state index in [2.05, 4.69) is 5.32 Å². The van der Waals surface area contributed by atoms with Crippen LogP contribution in [0.3, 0.4) is 0 Å². The van der Waals surface area contributed by atoms with Gasteiger partial charge in [-0.2, -0.15) is 0 Å². The maximum absolute atomic E-state index is 12.6. The van der Waals surface area contributed by atoms with Crippen molar-refractivity contribution >= 4 is 23.2 Å². The zero-order valence-corrected chi connectivity index (χ0v) is 15.0. The predicted molar refractivity (Wildman–Crippen MR) is 96.3 cm³/mol. The normalized spacial score (nSPS) is 11.8. The number of carboxylic acids is 1. The molecular formula is C18H21NO5S. The van der Waals surface area contributed by atoms with Gasteiger partial charge >= 0.3 is 5.97 Å². The number of thiophene rings is 1. The molecule has 0 spiro atoms. The molecule has 0 aliphatic heterocycles. The molecule has 0 bridgehead atoms. The number of ether oxygens (including phenoxy) is 2. The van der Waals surface area contributed by atoms with E-state index in [-0.39, 0.29) is 13.0 Å². The van der Waals surface area contributed by atoms with E-state index in [4.69, 9.17) is 9.47 Å². The first-order valence-electron chi connectivity index (χ1n) is 7.91. The molecule has 6 nitrogen and oxygen atoms in total. The molecule has 1 unspecified atom stereocenters. The Morgan fingerprint density at radius 2 is 2.00 bits per heavy atom. The Balaban J connectivity index is 2.25. The average Bonchev–Trinajstić information content (AvgIpc) is 3.03. The lowest BCUT2D eigenvalue weighted by atomic mass is 10.2. The number of amides is 1. The molecule has 25 heavy (non-hydrogen) atoms. The van der Waals surface area contributed by atoms with Gasteiger partial charge < -0.3 is 19.9 Å². The third-order valence-corrected chi connectivity index (χ3v) is 4.64. The molecule has 134 valence electrons. The zero-order valence-electron chi connectivity index (χ0n) is 14.2. The largest absolute Gasteiger partial charge is 0.492 e. The molecule has 1 heterocycles. The van der Waals surface area contributed by atoms with Crippen LogP contribution < -0.4 is 10.1 Å². The van der Waals surface area contributed by atoms with E-state index < -0.39 is 17.9 Å². The van der Waals surface area contributed by atoms with E-state index in [1.54, 1.807) is 0 Å². The minimum atomic E-state index is -1.09. The minimum absolute atomic E-state index is 0.193. The second-order valence-corrected chi connectivity index (χ2v) is 6.30. The van der Waals surface area contributed by atoms with E-state index in [0.717, 1.165) is 10.4 Å². The van der Waals surface area contributed by atoms with Crippen molar-refractivity contribution in [3.8, 4) is 16.2 Å². The number of rotatable bonds is 9. The number of benzene rings is 1. The fraction of sp³-hybridized carbons (Fsp3) is 0.333. The highest BCUT2D eigenvalue weighted by Gasteiger charge is 2.24. The van der Waals surface area contributed by atoms with Crippen LogP contribution in [-0.2, 0) is 9.53 Å². The van der Waals surface area contributed by atoms with Crippen molar-refractivity contribution in [2.45, 2.75) is 19.4 Å². The number of nitrogens with one attached hydrogen (secondary N) is 1. The molecule has 0 aliphatic carbocycles. The lowest BCUT2D eigenvalue weighted by Gasteiger charge is -2.14. The Morgan fingerprint density at radius 1 is 1.28 bits per heavy atom. The van der Waals surface area contributed by atoms with Crippen LogP contribution in [0.5, 0.6) is 5.75 Å². The number of carbonyl (C=O) groups excluding carboxylic acids is 1. The first kappa shape index (κ1) is 19.0. The van der Waals surface area contributed by atoms with Crippen LogP contribution in [0.2, 0.25) is 0 Å². The standard InChI is InChI=1S/C18H21NO5S/c1-3-24-14-11-15(12-7-5-4-6-8-12)25-16(14)17(20)19-13(18(21)22)9-10-23-2/h4-8,11,13H,3,9-10H2,1-2H3,(H,19,20)(H,21,22). The lowest BCUT2D eigenvalue weighted by Crippen LogP contribution is -2.41. The van der Waals surface area contributed by atoms with Crippen molar-refractivity contribution in [1.82, 2.24) is 5.32 Å². The summed E-state index contributed by atoms with van der Waals surface area (Å²) in [6, 6.07) is 10.4. The number of hydrogen-bond acceptors (Lipinski definition) is 5. The molecule has 0 radical (unpaired) electrons. The summed E-state index contributed by atoms with van der Waals surface area (Å²) in [6.07, 6.45) is 0.193. The van der Waals surface area contributed by atoms with Gasteiger partial charge in [-0.25, -0.2) is 4.79 Å². The summed E-state index contributed by atoms with van der Waals surface area (Å²) in [7, 11) is 1.49. The number of aliphatic carboxylic acids is 1. The van der Waals surface area contributed by atoms with Crippen LogP contribution in [-0.4, -0.2) is 43.3 Å². The zero-order chi connectivity index (χ0) is 18.2. The monoisotopic (exact) mass is 363 g/mol. The summed E-state index contributed by atoms with van der Waals surface area (Å²) in [5.74, 6) is -1.10. The fourth-order valence-electron chi connectivity index (χ4n) is 2.26. The molecule has 0 fully saturated rings. The molecule has 1 aromatic heterocycles. The minimum Gasteiger partial charge on any atom is -0.492 e. The van der Waals surface area contributed by atoms with E-state index in [9.17, 15) is 14.7 Å². The molecule has 1 atom stereocenters. The Labute approximate surface area is 150 Å². The molecule has 0 saturated heterocycles. The van der Waals surface area contributed by atoms with Gasteiger partial charge in [-0.05, 0) is 18.6 Å². The van der Waals surface area contributed by atoms with Crippen LogP contribution in [0.15, 0.2) is 36.4 Å². The van der Waals surface area contributed by atoms with Crippen molar-refractivity contribution in [3.63, 3.8) is 0 Å². The van der Waals surface area contributed by atoms with Gasteiger partial charge in [0, 0.05) is 25.0 Å². The van der Waals surface area contributed by atoms with Gasteiger partial charge in [-0.1, -0.05) is 30.3 Å². The molecule has 1 amide bonds. The Morgan fingerprint density at radius 3 is 2.60 bits per heavy atom. The van der Waals surface area contributed by atoms with Gasteiger partial charge in [0.1, 0.15) is 16.7 Å². The number of methoxy groups -OCH3 is 1. The topological polar surface area (TPSA) is 84.9 Å². The fourth-order valence-corrected chi connectivity index (χ4v) is 3.27. The summed E-state index contributed by atoms with van der Waals surface area (Å²) in [4.78, 5) is 25.1. The highest BCUT2D eigenvalue weighted by atomic mass is 32.1. The van der Waals surface area contributed by atoms with Crippen LogP contribution in [0, 0.1) is 0 Å². The van der Waals surface area contributed by atoms with Crippen molar-refractivity contribution < 1.29 is 24.2 Å². The molecule has 0 aliphatic rings. The summed E-state index contributed by atoms with van der Waals surface area (Å²) in [6.45, 7) is 2.49. The lowest BCUT2D eigenvalue weighted by molar-refractivity contribution is -0.139. The Kier molecular flexibility index (Phi) is 6.97. The van der Waals surface area contributed by atoms with Gasteiger partial charge in [0.2, 0.25) is 0 Å². The summed E-state index contributed by atoms with van der Waals surface area (Å²) in [5.41, 5.74) is 0.974. The van der Waals surface area contributed by atoms with Crippen molar-refractivity contribution in [2.24, 2.45) is 0 Å². The SMILES string of the molecule is CCOc1cc(-c2ccccc2)sc1C(=O)NC(CCOC)C(=O)O. The first-order valence-corrected chi connectivity index (χ1v) is 8.73. The van der Waals surface area contributed by atoms with Gasteiger partial charge in [0.05, 0.1) is 6.61 Å². The summed E-state index contributed by atoms with van der Waals surface area (Å²) < 4.78 is 10.5. The second kappa shape index (κ2) is 9.19. The third-order valence-electron chi connectivity index (χ3n) is 3.48. The quantitative estimate of drug-likeness (QED) is 0.715. The summed E-state index contributed by atoms with van der Waals surface area (Å²) >= 11 is 1.28. The van der Waals surface area contributed by atoms with Crippen molar-refractivity contribution in [3.05, 3.63) is 41.3 Å². The first-order chi connectivity index (χ1) is 12.1. The average molecular weight is 363 g/mol. The highest BCUT2D eigenvalue weighted by Crippen LogP contribution is 2.36. The van der Waals surface area contributed by atoms with E-state index in [1.807, 2.05) is 43.3 Å². The third kappa shape index (κ3) is 5.04. The molecule has 2 rings (SSSR count). The van der Waals surface area contributed by atoms with E-state index >= 15 is 0 Å². The van der Waals surface area contributed by atoms with Gasteiger partial charge in [0.15, 0.2) is 0 Å². The Bertz CT molecular complexity index is 714. The van der Waals surface area contributed by atoms with Crippen LogP contribution in [0.25, 0.3) is 10.4 Å². The smallest absolute Gasteiger partial charge is 0.326 e. The molecular weight excluding hydrogens is 342 g/mol. The molecule has 0 saturated carbocycles. The second-order valence-electron chi connectivity index (χ2n) is 5.25. The van der Waals surface area contributed by atoms with Crippen LogP contribution >= 0.6 is 11.3 Å². The summed E-state index contributed by atoms with van der Waals surface area (Å²) in [5, 5.41) is 11.8. The van der Waals surface area contributed by atoms with Crippen LogP contribution in [0.1, 0.15) is 23.0 Å². The van der Waals surface area contributed by atoms with Gasteiger partial charge in [0.25, 0.3) is 5.91 Å². The maximum atomic E-state index is 12.6. The Hall–Kier alpha value is -2.38. The number of carboxylic acid groups (broad SMARTS) is 1. The predicted octanol–water partition coefficient (Wildman–Crippen LogP) is 3.03. The molecule has 2 N–H and O–H groups in total. The van der Waals surface area contributed by atoms with E-state index in [1.165, 1.54) is 18.4 Å². The van der Waals surface area contributed by atoms with Gasteiger partial charge in [-0.15, -0.1) is 11.3 Å². The van der Waals surface area contributed by atoms with Gasteiger partial charge in [-0.3, -0.25) is 4.79 Å². The highest BCUT2D eigenvalue weighted by molar-refractivity contribution is 7.17. The number of carbonyl (C=O) groups is 2. The number of hydrogen-bond donors (Lipinski definition) is 2. The van der Waals surface area contributed by atoms with Crippen molar-refractivity contribution in [2.75, 3.05) is 20.3 Å². The van der Waals surface area contributed by atoms with Crippen molar-refractivity contribution in [1.29, 1.82) is 0 Å². The molecule has 1 aromatic carbocycles. The molecule has 7 heteroatoms. The van der Waals surface area contributed by atoms with E-state index in [0.29, 0.717) is 17.2 Å². The van der Waals surface area contributed by atoms with Crippen LogP contribution in [0.4, 0.5) is 0 Å². The maximum Gasteiger partial charge on any atom is 0.326 e.